The molecule has 2 aromatic heterocycles. The largest absolute Gasteiger partial charge is 0.333 e. The molecule has 6 heteroatoms. The Bertz CT molecular complexity index is 583. The van der Waals surface area contributed by atoms with Gasteiger partial charge in [-0.15, -0.1) is 24.2 Å². The maximum absolute atomic E-state index is 11.4. The van der Waals surface area contributed by atoms with E-state index < -0.39 is 0 Å². The molecule has 0 aromatic carbocycles. The zero-order valence-electron chi connectivity index (χ0n) is 9.30. The van der Waals surface area contributed by atoms with E-state index in [1.807, 2.05) is 18.2 Å². The number of carbonyl (C=O) groups excluding carboxylic acids is 1. The molecule has 0 saturated heterocycles. The molecule has 0 N–H and O–H groups in total. The number of aromatic nitrogens is 2. The first-order valence-corrected chi connectivity index (χ1v) is 6.71. The van der Waals surface area contributed by atoms with Crippen molar-refractivity contribution in [2.24, 2.45) is 0 Å². The van der Waals surface area contributed by atoms with Crippen LogP contribution in [0.25, 0.3) is 11.3 Å². The molecular formula is C12H10Cl2N2OS. The fourth-order valence-electron chi connectivity index (χ4n) is 2.05. The van der Waals surface area contributed by atoms with Crippen molar-refractivity contribution in [2.45, 2.75) is 11.6 Å². The van der Waals surface area contributed by atoms with Gasteiger partial charge >= 0.3 is 0 Å². The molecule has 0 amide bonds. The van der Waals surface area contributed by atoms with E-state index in [4.69, 9.17) is 11.6 Å². The van der Waals surface area contributed by atoms with E-state index in [0.717, 1.165) is 28.6 Å². The molecule has 0 saturated carbocycles. The van der Waals surface area contributed by atoms with Crippen molar-refractivity contribution in [3.8, 4) is 11.3 Å². The number of nitrogens with zero attached hydrogens (tertiary/aromatic N) is 2. The third-order valence-electron chi connectivity index (χ3n) is 2.84. The number of rotatable bonds is 2. The zero-order valence-corrected chi connectivity index (χ0v) is 11.7. The number of hydrogen-bond donors (Lipinski definition) is 0. The van der Waals surface area contributed by atoms with Crippen LogP contribution in [0.2, 0.25) is 0 Å². The Hall–Kier alpha value is -0.970. The molecule has 0 fully saturated rings. The van der Waals surface area contributed by atoms with Crippen LogP contribution < -0.4 is 0 Å². The molecule has 3 heterocycles. The van der Waals surface area contributed by atoms with Crippen LogP contribution in [-0.2, 0) is 11.6 Å². The van der Waals surface area contributed by atoms with Gasteiger partial charge in [0.15, 0.2) is 0 Å². The monoisotopic (exact) mass is 300 g/mol. The fourth-order valence-corrected chi connectivity index (χ4v) is 3.29. The van der Waals surface area contributed by atoms with Gasteiger partial charge in [0, 0.05) is 29.4 Å². The van der Waals surface area contributed by atoms with Gasteiger partial charge in [-0.05, 0) is 29.8 Å². The minimum absolute atomic E-state index is 0. The first kappa shape index (κ1) is 13.5. The number of pyridine rings is 1. The maximum Gasteiger partial charge on any atom is 0.254 e. The highest BCUT2D eigenvalue weighted by molar-refractivity contribution is 7.97. The average Bonchev–Trinajstić information content (AvgIpc) is 2.90. The Morgan fingerprint density at radius 3 is 3.00 bits per heavy atom. The van der Waals surface area contributed by atoms with Crippen LogP contribution in [0.3, 0.4) is 0 Å². The molecular weight excluding hydrogens is 291 g/mol. The minimum atomic E-state index is -0.383. The molecule has 0 radical (unpaired) electrons. The SMILES string of the molecule is Cl.O=C(Cl)c1cc(-c2cccnc2)n2c1CSC2. The van der Waals surface area contributed by atoms with Gasteiger partial charge in [0.2, 0.25) is 0 Å². The van der Waals surface area contributed by atoms with E-state index in [1.165, 1.54) is 0 Å². The molecule has 0 spiro atoms. The molecule has 3 rings (SSSR count). The van der Waals surface area contributed by atoms with Gasteiger partial charge in [-0.3, -0.25) is 9.78 Å². The quantitative estimate of drug-likeness (QED) is 0.796. The molecule has 94 valence electrons. The molecule has 0 atom stereocenters. The molecule has 0 bridgehead atoms. The van der Waals surface area contributed by atoms with Gasteiger partial charge < -0.3 is 4.57 Å². The topological polar surface area (TPSA) is 34.9 Å². The molecule has 3 nitrogen and oxygen atoms in total. The summed E-state index contributed by atoms with van der Waals surface area (Å²) in [5.74, 6) is 1.71. The molecule has 2 aromatic rings. The van der Waals surface area contributed by atoms with Gasteiger partial charge in [0.05, 0.1) is 17.1 Å². The summed E-state index contributed by atoms with van der Waals surface area (Å²) in [6.45, 7) is 0. The van der Waals surface area contributed by atoms with E-state index >= 15 is 0 Å². The first-order valence-electron chi connectivity index (χ1n) is 5.18. The summed E-state index contributed by atoms with van der Waals surface area (Å²) in [7, 11) is 0. The smallest absolute Gasteiger partial charge is 0.254 e. The van der Waals surface area contributed by atoms with Gasteiger partial charge in [-0.1, -0.05) is 0 Å². The number of carbonyl (C=O) groups is 1. The van der Waals surface area contributed by atoms with E-state index in [-0.39, 0.29) is 17.6 Å². The van der Waals surface area contributed by atoms with Crippen LogP contribution in [-0.4, -0.2) is 14.8 Å². The summed E-state index contributed by atoms with van der Waals surface area (Å²) in [6.07, 6.45) is 3.54. The molecule has 18 heavy (non-hydrogen) atoms. The summed E-state index contributed by atoms with van der Waals surface area (Å²) >= 11 is 7.39. The predicted octanol–water partition coefficient (Wildman–Crippen LogP) is 3.56. The van der Waals surface area contributed by atoms with Crippen LogP contribution in [0.4, 0.5) is 0 Å². The van der Waals surface area contributed by atoms with Crippen LogP contribution >= 0.6 is 35.8 Å². The molecule has 0 unspecified atom stereocenters. The van der Waals surface area contributed by atoms with Crippen LogP contribution in [0.15, 0.2) is 30.6 Å². The molecule has 1 aliphatic rings. The summed E-state index contributed by atoms with van der Waals surface area (Å²) in [5, 5.41) is -0.383. The van der Waals surface area contributed by atoms with Gasteiger partial charge in [0.25, 0.3) is 5.24 Å². The second-order valence-electron chi connectivity index (χ2n) is 3.81. The summed E-state index contributed by atoms with van der Waals surface area (Å²) in [6, 6.07) is 5.74. The van der Waals surface area contributed by atoms with Gasteiger partial charge in [-0.2, -0.15) is 0 Å². The van der Waals surface area contributed by atoms with Crippen molar-refractivity contribution >= 4 is 41.0 Å². The number of thioether (sulfide) groups is 1. The van der Waals surface area contributed by atoms with Gasteiger partial charge in [-0.25, -0.2) is 0 Å². The van der Waals surface area contributed by atoms with Crippen LogP contribution in [0.5, 0.6) is 0 Å². The van der Waals surface area contributed by atoms with Crippen molar-refractivity contribution in [1.82, 2.24) is 9.55 Å². The van der Waals surface area contributed by atoms with E-state index in [2.05, 4.69) is 9.55 Å². The van der Waals surface area contributed by atoms with Crippen molar-refractivity contribution in [3.05, 3.63) is 41.9 Å². The summed E-state index contributed by atoms with van der Waals surface area (Å²) < 4.78 is 2.14. The number of halogens is 2. The molecule has 1 aliphatic heterocycles. The fraction of sp³-hybridized carbons (Fsp3) is 0.167. The van der Waals surface area contributed by atoms with Crippen molar-refractivity contribution in [3.63, 3.8) is 0 Å². The lowest BCUT2D eigenvalue weighted by molar-refractivity contribution is 0.108. The normalized spacial score (nSPS) is 12.9. The number of hydrogen-bond acceptors (Lipinski definition) is 3. The summed E-state index contributed by atoms with van der Waals surface area (Å²) in [5.41, 5.74) is 3.67. The van der Waals surface area contributed by atoms with E-state index in [1.54, 1.807) is 24.2 Å². The summed E-state index contributed by atoms with van der Waals surface area (Å²) in [4.78, 5) is 15.5. The Morgan fingerprint density at radius 2 is 2.33 bits per heavy atom. The van der Waals surface area contributed by atoms with Gasteiger partial charge in [0.1, 0.15) is 0 Å². The first-order chi connectivity index (χ1) is 8.27. The lowest BCUT2D eigenvalue weighted by atomic mass is 10.2. The third kappa shape index (κ3) is 2.16. The van der Waals surface area contributed by atoms with Crippen LogP contribution in [0.1, 0.15) is 16.1 Å². The number of fused-ring (bicyclic) bond motifs is 1. The Labute approximate surface area is 120 Å². The van der Waals surface area contributed by atoms with E-state index in [0.29, 0.717) is 5.56 Å². The second-order valence-corrected chi connectivity index (χ2v) is 5.11. The maximum atomic E-state index is 11.4. The second kappa shape index (κ2) is 5.34. The highest BCUT2D eigenvalue weighted by Crippen LogP contribution is 2.35. The highest BCUT2D eigenvalue weighted by atomic mass is 35.5. The average molecular weight is 301 g/mol. The van der Waals surface area contributed by atoms with Crippen LogP contribution in [0, 0.1) is 0 Å². The standard InChI is InChI=1S/C12H9ClN2OS.ClH/c13-12(16)9-4-10(8-2-1-3-14-5-8)15-7-17-6-11(9)15;/h1-5H,6-7H2;1H. The van der Waals surface area contributed by atoms with Crippen molar-refractivity contribution in [2.75, 3.05) is 0 Å². The van der Waals surface area contributed by atoms with E-state index in [9.17, 15) is 4.79 Å². The Kier molecular flexibility index (Phi) is 4.00. The predicted molar refractivity (Wildman–Crippen MR) is 76.4 cm³/mol. The Balaban J connectivity index is 0.00000120. The molecule has 0 aliphatic carbocycles. The highest BCUT2D eigenvalue weighted by Gasteiger charge is 2.23. The lowest BCUT2D eigenvalue weighted by Gasteiger charge is -2.04. The lowest BCUT2D eigenvalue weighted by Crippen LogP contribution is -1.96. The zero-order chi connectivity index (χ0) is 11.8. The third-order valence-corrected chi connectivity index (χ3v) is 3.96. The Morgan fingerprint density at radius 1 is 1.50 bits per heavy atom. The van der Waals surface area contributed by atoms with Crippen molar-refractivity contribution < 1.29 is 4.79 Å². The van der Waals surface area contributed by atoms with Crippen molar-refractivity contribution in [1.29, 1.82) is 0 Å². The minimum Gasteiger partial charge on any atom is -0.333 e.